The Morgan fingerprint density at radius 3 is 2.35 bits per heavy atom. The Morgan fingerprint density at radius 2 is 1.70 bits per heavy atom. The number of hydrogen-bond acceptors (Lipinski definition) is 3. The number of H-pyrrole nitrogens is 1. The lowest BCUT2D eigenvalue weighted by Crippen LogP contribution is -2.29. The van der Waals surface area contributed by atoms with E-state index in [0.29, 0.717) is 5.69 Å². The molecule has 0 saturated carbocycles. The molecule has 2 aromatic carbocycles. The third-order valence-electron chi connectivity index (χ3n) is 3.28. The molecule has 1 heterocycles. The molecule has 0 atom stereocenters. The Balaban J connectivity index is 1.63. The zero-order valence-corrected chi connectivity index (χ0v) is 13.0. The van der Waals surface area contributed by atoms with E-state index < -0.39 is 10.2 Å². The van der Waals surface area contributed by atoms with Crippen LogP contribution in [0.25, 0.3) is 11.1 Å². The third-order valence-corrected chi connectivity index (χ3v) is 4.31. The van der Waals surface area contributed by atoms with E-state index in [0.717, 1.165) is 16.7 Å². The summed E-state index contributed by atoms with van der Waals surface area (Å²) in [6.45, 7) is 0.239. The van der Waals surface area contributed by atoms with Crippen molar-refractivity contribution in [2.75, 3.05) is 4.72 Å². The molecule has 0 aliphatic heterocycles. The first-order valence-electron chi connectivity index (χ1n) is 7.03. The van der Waals surface area contributed by atoms with Crippen molar-refractivity contribution in [3.05, 3.63) is 72.6 Å². The van der Waals surface area contributed by atoms with E-state index in [9.17, 15) is 8.42 Å². The van der Waals surface area contributed by atoms with Gasteiger partial charge in [0.05, 0.1) is 6.20 Å². The molecule has 6 nitrogen and oxygen atoms in total. The van der Waals surface area contributed by atoms with Crippen molar-refractivity contribution in [2.24, 2.45) is 0 Å². The van der Waals surface area contributed by atoms with Gasteiger partial charge in [0, 0.05) is 24.0 Å². The summed E-state index contributed by atoms with van der Waals surface area (Å²) < 4.78 is 29.1. The van der Waals surface area contributed by atoms with Crippen molar-refractivity contribution < 1.29 is 8.42 Å². The summed E-state index contributed by atoms with van der Waals surface area (Å²) in [5.74, 6) is 0. The number of hydrogen-bond donors (Lipinski definition) is 3. The number of aromatic nitrogens is 2. The first-order valence-corrected chi connectivity index (χ1v) is 8.51. The minimum atomic E-state index is -3.62. The number of benzene rings is 2. The number of rotatable bonds is 6. The molecule has 0 aliphatic carbocycles. The van der Waals surface area contributed by atoms with E-state index in [1.165, 1.54) is 0 Å². The molecule has 0 fully saturated rings. The molecule has 0 unspecified atom stereocenters. The quantitative estimate of drug-likeness (QED) is 0.650. The standard InChI is InChI=1S/C16H16N4O2S/c21-23(22,19-10-13-4-2-1-3-5-13)20-16-8-6-14(7-9-16)15-11-17-18-12-15/h1-9,11-12,19-20H,10H2,(H,17,18). The van der Waals surface area contributed by atoms with Crippen molar-refractivity contribution in [1.29, 1.82) is 0 Å². The summed E-state index contributed by atoms with van der Waals surface area (Å²) in [4.78, 5) is 0. The van der Waals surface area contributed by atoms with Crippen LogP contribution in [-0.4, -0.2) is 18.6 Å². The van der Waals surface area contributed by atoms with Gasteiger partial charge in [-0.2, -0.15) is 18.2 Å². The Labute approximate surface area is 134 Å². The molecule has 23 heavy (non-hydrogen) atoms. The molecule has 0 amide bonds. The highest BCUT2D eigenvalue weighted by Crippen LogP contribution is 2.20. The predicted molar refractivity (Wildman–Crippen MR) is 89.8 cm³/mol. The second kappa shape index (κ2) is 6.64. The fourth-order valence-corrected chi connectivity index (χ4v) is 2.98. The highest BCUT2D eigenvalue weighted by molar-refractivity contribution is 7.90. The number of aromatic amines is 1. The average Bonchev–Trinajstić information content (AvgIpc) is 3.09. The van der Waals surface area contributed by atoms with Gasteiger partial charge in [0.2, 0.25) is 0 Å². The smallest absolute Gasteiger partial charge is 0.285 e. The molecule has 1 aromatic heterocycles. The van der Waals surface area contributed by atoms with Crippen molar-refractivity contribution in [3.8, 4) is 11.1 Å². The van der Waals surface area contributed by atoms with Crippen LogP contribution in [0.2, 0.25) is 0 Å². The van der Waals surface area contributed by atoms with Gasteiger partial charge in [0.15, 0.2) is 0 Å². The maximum atomic E-state index is 12.0. The van der Waals surface area contributed by atoms with E-state index >= 15 is 0 Å². The molecule has 118 valence electrons. The van der Waals surface area contributed by atoms with Crippen molar-refractivity contribution >= 4 is 15.9 Å². The topological polar surface area (TPSA) is 86.9 Å². The van der Waals surface area contributed by atoms with Gasteiger partial charge >= 0.3 is 0 Å². The molecular formula is C16H16N4O2S. The second-order valence-corrected chi connectivity index (χ2v) is 6.48. The van der Waals surface area contributed by atoms with Gasteiger partial charge in [-0.05, 0) is 23.3 Å². The van der Waals surface area contributed by atoms with Gasteiger partial charge in [0.25, 0.3) is 10.2 Å². The molecule has 7 heteroatoms. The van der Waals surface area contributed by atoms with Crippen LogP contribution in [0, 0.1) is 0 Å². The first-order chi connectivity index (χ1) is 11.1. The normalized spacial score (nSPS) is 11.3. The maximum absolute atomic E-state index is 12.0. The summed E-state index contributed by atoms with van der Waals surface area (Å²) in [6, 6.07) is 16.4. The summed E-state index contributed by atoms with van der Waals surface area (Å²) in [7, 11) is -3.62. The second-order valence-electron chi connectivity index (χ2n) is 4.98. The lowest BCUT2D eigenvalue weighted by molar-refractivity contribution is 0.587. The highest BCUT2D eigenvalue weighted by atomic mass is 32.2. The summed E-state index contributed by atoms with van der Waals surface area (Å²) in [6.07, 6.45) is 3.49. The van der Waals surface area contributed by atoms with Crippen molar-refractivity contribution in [2.45, 2.75) is 6.54 Å². The zero-order chi connectivity index (χ0) is 16.1. The molecule has 3 rings (SSSR count). The van der Waals surface area contributed by atoms with Crippen LogP contribution in [0.5, 0.6) is 0 Å². The Bertz CT molecular complexity index is 845. The Kier molecular flexibility index (Phi) is 4.40. The molecular weight excluding hydrogens is 312 g/mol. The van der Waals surface area contributed by atoms with E-state index in [1.54, 1.807) is 24.5 Å². The summed E-state index contributed by atoms with van der Waals surface area (Å²) in [5, 5.41) is 6.63. The summed E-state index contributed by atoms with van der Waals surface area (Å²) >= 11 is 0. The fourth-order valence-electron chi connectivity index (χ4n) is 2.10. The van der Waals surface area contributed by atoms with Gasteiger partial charge in [-0.3, -0.25) is 9.82 Å². The lowest BCUT2D eigenvalue weighted by atomic mass is 10.1. The van der Waals surface area contributed by atoms with Gasteiger partial charge in [-0.1, -0.05) is 42.5 Å². The minimum Gasteiger partial charge on any atom is -0.285 e. The SMILES string of the molecule is O=S(=O)(NCc1ccccc1)Nc1ccc(-c2cn[nH]c2)cc1. The third kappa shape index (κ3) is 4.18. The van der Waals surface area contributed by atoms with E-state index in [2.05, 4.69) is 19.6 Å². The number of nitrogens with one attached hydrogen (secondary N) is 3. The van der Waals surface area contributed by atoms with E-state index in [4.69, 9.17) is 0 Å². The highest BCUT2D eigenvalue weighted by Gasteiger charge is 2.09. The van der Waals surface area contributed by atoms with Crippen LogP contribution in [0.4, 0.5) is 5.69 Å². The van der Waals surface area contributed by atoms with Crippen LogP contribution in [0.3, 0.4) is 0 Å². The van der Waals surface area contributed by atoms with Crippen LogP contribution in [0.1, 0.15) is 5.56 Å². The van der Waals surface area contributed by atoms with Crippen molar-refractivity contribution in [1.82, 2.24) is 14.9 Å². The Morgan fingerprint density at radius 1 is 0.957 bits per heavy atom. The predicted octanol–water partition coefficient (Wildman–Crippen LogP) is 2.52. The molecule has 0 bridgehead atoms. The largest absolute Gasteiger partial charge is 0.299 e. The lowest BCUT2D eigenvalue weighted by Gasteiger charge is -2.10. The van der Waals surface area contributed by atoms with Crippen LogP contribution in [0.15, 0.2) is 67.0 Å². The monoisotopic (exact) mass is 328 g/mol. The number of nitrogens with zero attached hydrogens (tertiary/aromatic N) is 1. The minimum absolute atomic E-state index is 0.239. The van der Waals surface area contributed by atoms with Gasteiger partial charge < -0.3 is 0 Å². The number of anilines is 1. The summed E-state index contributed by atoms with van der Waals surface area (Å²) in [5.41, 5.74) is 3.30. The zero-order valence-electron chi connectivity index (χ0n) is 12.2. The molecule has 0 aliphatic rings. The van der Waals surface area contributed by atoms with Crippen LogP contribution in [-0.2, 0) is 16.8 Å². The van der Waals surface area contributed by atoms with Gasteiger partial charge in [-0.15, -0.1) is 0 Å². The molecule has 0 saturated heterocycles. The van der Waals surface area contributed by atoms with Crippen molar-refractivity contribution in [3.63, 3.8) is 0 Å². The van der Waals surface area contributed by atoms with Gasteiger partial charge in [-0.25, -0.2) is 0 Å². The molecule has 3 N–H and O–H groups in total. The average molecular weight is 328 g/mol. The van der Waals surface area contributed by atoms with E-state index in [-0.39, 0.29) is 6.54 Å². The van der Waals surface area contributed by atoms with Crippen LogP contribution < -0.4 is 9.44 Å². The molecule has 3 aromatic rings. The van der Waals surface area contributed by atoms with Crippen LogP contribution >= 0.6 is 0 Å². The van der Waals surface area contributed by atoms with Gasteiger partial charge in [0.1, 0.15) is 0 Å². The maximum Gasteiger partial charge on any atom is 0.299 e. The fraction of sp³-hybridized carbons (Fsp3) is 0.0625. The molecule has 0 spiro atoms. The first kappa shape index (κ1) is 15.3. The molecule has 0 radical (unpaired) electrons. The Hall–Kier alpha value is -2.64. The van der Waals surface area contributed by atoms with E-state index in [1.807, 2.05) is 42.5 Å².